The van der Waals surface area contributed by atoms with Crippen molar-refractivity contribution in [3.05, 3.63) is 11.6 Å². The SMILES string of the molecule is CCC(C(C)CC(F)(F)C(C)=O)C1(C)CCC2C(CC=C3CC(C)(O)CCC32C)C1. The van der Waals surface area contributed by atoms with Gasteiger partial charge in [0.25, 0.3) is 0 Å². The summed E-state index contributed by atoms with van der Waals surface area (Å²) >= 11 is 0. The van der Waals surface area contributed by atoms with E-state index in [4.69, 9.17) is 0 Å². The minimum atomic E-state index is -3.21. The fourth-order valence-corrected chi connectivity index (χ4v) is 7.67. The Morgan fingerprint density at radius 2 is 1.93 bits per heavy atom. The van der Waals surface area contributed by atoms with E-state index in [-0.39, 0.29) is 29.1 Å². The van der Waals surface area contributed by atoms with Crippen LogP contribution in [0.15, 0.2) is 11.6 Å². The number of fused-ring (bicyclic) bond motifs is 3. The third-order valence-electron chi connectivity index (χ3n) is 9.41. The van der Waals surface area contributed by atoms with Gasteiger partial charge in [0.1, 0.15) is 0 Å². The molecule has 2 fully saturated rings. The number of carbonyl (C=O) groups excluding carboxylic acids is 1. The average Bonchev–Trinajstić information content (AvgIpc) is 2.62. The van der Waals surface area contributed by atoms with Gasteiger partial charge in [0.15, 0.2) is 5.78 Å². The number of Topliss-reactive ketones (excluding diaryl/α,β-unsaturated/α-hetero) is 1. The van der Waals surface area contributed by atoms with Crippen LogP contribution in [0.4, 0.5) is 8.78 Å². The molecule has 7 atom stereocenters. The van der Waals surface area contributed by atoms with Crippen LogP contribution in [0.5, 0.6) is 0 Å². The summed E-state index contributed by atoms with van der Waals surface area (Å²) in [7, 11) is 0. The predicted molar refractivity (Wildman–Crippen MR) is 117 cm³/mol. The third-order valence-corrected chi connectivity index (χ3v) is 9.41. The van der Waals surface area contributed by atoms with E-state index in [0.29, 0.717) is 11.8 Å². The molecule has 4 heteroatoms. The van der Waals surface area contributed by atoms with Crippen molar-refractivity contribution >= 4 is 5.78 Å². The van der Waals surface area contributed by atoms with Gasteiger partial charge in [-0.15, -0.1) is 0 Å². The lowest BCUT2D eigenvalue weighted by Crippen LogP contribution is -2.50. The zero-order valence-electron chi connectivity index (χ0n) is 19.9. The maximum atomic E-state index is 14.2. The van der Waals surface area contributed by atoms with Gasteiger partial charge in [-0.25, -0.2) is 0 Å². The molecule has 0 radical (unpaired) electrons. The van der Waals surface area contributed by atoms with Crippen molar-refractivity contribution in [3.63, 3.8) is 0 Å². The zero-order valence-corrected chi connectivity index (χ0v) is 19.9. The van der Waals surface area contributed by atoms with E-state index >= 15 is 0 Å². The van der Waals surface area contributed by atoms with Gasteiger partial charge in [-0.1, -0.05) is 45.8 Å². The molecular weight excluding hydrogens is 382 g/mol. The van der Waals surface area contributed by atoms with Crippen LogP contribution in [0.1, 0.15) is 99.3 Å². The first-order valence-electron chi connectivity index (χ1n) is 12.0. The van der Waals surface area contributed by atoms with E-state index in [1.807, 2.05) is 13.8 Å². The summed E-state index contributed by atoms with van der Waals surface area (Å²) in [5.41, 5.74) is 1.10. The van der Waals surface area contributed by atoms with E-state index in [1.54, 1.807) is 0 Å². The number of carbonyl (C=O) groups is 1. The van der Waals surface area contributed by atoms with Crippen LogP contribution < -0.4 is 0 Å². The fourth-order valence-electron chi connectivity index (χ4n) is 7.67. The largest absolute Gasteiger partial charge is 0.390 e. The van der Waals surface area contributed by atoms with Crippen molar-refractivity contribution in [3.8, 4) is 0 Å². The zero-order chi connectivity index (χ0) is 22.5. The Bertz CT molecular complexity index is 697. The van der Waals surface area contributed by atoms with Crippen LogP contribution in [0.2, 0.25) is 0 Å². The molecule has 3 rings (SSSR count). The molecule has 2 nitrogen and oxygen atoms in total. The molecule has 3 aliphatic rings. The summed E-state index contributed by atoms with van der Waals surface area (Å²) in [6, 6.07) is 0. The molecule has 2 saturated carbocycles. The standard InChI is InChI=1S/C26H42F2O2/c1-7-21(17(2)14-26(27,28)18(3)29)23(4)11-10-22-19(15-23)8-9-20-16-24(5,30)12-13-25(20,22)6/h9,17,19,21-22,30H,7-8,10-16H2,1-6H3. The quantitative estimate of drug-likeness (QED) is 0.468. The molecule has 0 aromatic heterocycles. The lowest BCUT2D eigenvalue weighted by Gasteiger charge is -2.58. The Balaban J connectivity index is 1.78. The Morgan fingerprint density at radius 3 is 2.53 bits per heavy atom. The van der Waals surface area contributed by atoms with Gasteiger partial charge in [0.2, 0.25) is 0 Å². The van der Waals surface area contributed by atoms with E-state index in [0.717, 1.165) is 58.3 Å². The summed E-state index contributed by atoms with van der Waals surface area (Å²) in [5.74, 6) is -2.97. The number of aliphatic hydroxyl groups is 1. The maximum Gasteiger partial charge on any atom is 0.305 e. The smallest absolute Gasteiger partial charge is 0.305 e. The molecule has 172 valence electrons. The van der Waals surface area contributed by atoms with Crippen LogP contribution in [0.3, 0.4) is 0 Å². The highest BCUT2D eigenvalue weighted by molar-refractivity contribution is 5.82. The van der Waals surface area contributed by atoms with Crippen LogP contribution in [0, 0.1) is 34.5 Å². The highest BCUT2D eigenvalue weighted by atomic mass is 19.3. The second-order valence-electron chi connectivity index (χ2n) is 11.8. The van der Waals surface area contributed by atoms with Gasteiger partial charge in [-0.05, 0) is 86.4 Å². The Morgan fingerprint density at radius 1 is 1.27 bits per heavy atom. The monoisotopic (exact) mass is 424 g/mol. The molecule has 0 amide bonds. The van der Waals surface area contributed by atoms with Crippen molar-refractivity contribution < 1.29 is 18.7 Å². The normalized spacial score (nSPS) is 41.3. The molecule has 0 spiro atoms. The third kappa shape index (κ3) is 4.27. The summed E-state index contributed by atoms with van der Waals surface area (Å²) < 4.78 is 28.3. The Kier molecular flexibility index (Phi) is 6.35. The van der Waals surface area contributed by atoms with Gasteiger partial charge >= 0.3 is 5.92 Å². The van der Waals surface area contributed by atoms with Crippen molar-refractivity contribution in [2.75, 3.05) is 0 Å². The van der Waals surface area contributed by atoms with Crippen LogP contribution in [0.25, 0.3) is 0 Å². The average molecular weight is 425 g/mol. The second-order valence-corrected chi connectivity index (χ2v) is 11.8. The van der Waals surface area contributed by atoms with Crippen molar-refractivity contribution in [2.45, 2.75) is 111 Å². The fraction of sp³-hybridized carbons (Fsp3) is 0.885. The summed E-state index contributed by atoms with van der Waals surface area (Å²) in [6.07, 6.45) is 9.99. The number of ketones is 1. The van der Waals surface area contributed by atoms with Gasteiger partial charge < -0.3 is 5.11 Å². The van der Waals surface area contributed by atoms with E-state index < -0.39 is 17.3 Å². The highest BCUT2D eigenvalue weighted by Gasteiger charge is 2.54. The summed E-state index contributed by atoms with van der Waals surface area (Å²) in [6.45, 7) is 11.7. The Hall–Kier alpha value is -0.770. The van der Waals surface area contributed by atoms with Gasteiger partial charge in [0.05, 0.1) is 5.60 Å². The van der Waals surface area contributed by atoms with Crippen molar-refractivity contribution in [1.29, 1.82) is 0 Å². The molecule has 0 heterocycles. The lowest BCUT2D eigenvalue weighted by atomic mass is 9.47. The van der Waals surface area contributed by atoms with Crippen molar-refractivity contribution in [1.82, 2.24) is 0 Å². The first kappa shape index (κ1) is 23.9. The molecular formula is C26H42F2O2. The topological polar surface area (TPSA) is 37.3 Å². The number of halogens is 2. The first-order chi connectivity index (χ1) is 13.7. The number of rotatable bonds is 6. The van der Waals surface area contributed by atoms with Crippen LogP contribution in [-0.2, 0) is 4.79 Å². The number of hydrogen-bond donors (Lipinski definition) is 1. The van der Waals surface area contributed by atoms with E-state index in [2.05, 4.69) is 26.8 Å². The van der Waals surface area contributed by atoms with E-state index in [1.165, 1.54) is 5.57 Å². The molecule has 0 aromatic rings. The number of hydrogen-bond acceptors (Lipinski definition) is 2. The molecule has 0 aliphatic heterocycles. The number of allylic oxidation sites excluding steroid dienone is 1. The highest BCUT2D eigenvalue weighted by Crippen LogP contribution is 2.62. The Labute approximate surface area is 181 Å². The summed E-state index contributed by atoms with van der Waals surface area (Å²) in [4.78, 5) is 11.4. The molecule has 0 aromatic carbocycles. The van der Waals surface area contributed by atoms with E-state index in [9.17, 15) is 18.7 Å². The molecule has 30 heavy (non-hydrogen) atoms. The van der Waals surface area contributed by atoms with Gasteiger partial charge in [0, 0.05) is 13.3 Å². The second kappa shape index (κ2) is 7.98. The minimum absolute atomic E-state index is 0.0457. The predicted octanol–water partition coefficient (Wildman–Crippen LogP) is 6.96. The molecule has 0 saturated heterocycles. The number of alkyl halides is 2. The molecule has 0 bridgehead atoms. The molecule has 3 aliphatic carbocycles. The van der Waals surface area contributed by atoms with Gasteiger partial charge in [-0.2, -0.15) is 8.78 Å². The van der Waals surface area contributed by atoms with Crippen LogP contribution >= 0.6 is 0 Å². The maximum absolute atomic E-state index is 14.2. The van der Waals surface area contributed by atoms with Crippen molar-refractivity contribution in [2.24, 2.45) is 34.5 Å². The first-order valence-corrected chi connectivity index (χ1v) is 12.0. The van der Waals surface area contributed by atoms with Crippen LogP contribution in [-0.4, -0.2) is 22.4 Å². The van der Waals surface area contributed by atoms with Gasteiger partial charge in [-0.3, -0.25) is 4.79 Å². The minimum Gasteiger partial charge on any atom is -0.390 e. The molecule has 7 unspecified atom stereocenters. The lowest BCUT2D eigenvalue weighted by molar-refractivity contribution is -0.145. The molecule has 1 N–H and O–H groups in total. The summed E-state index contributed by atoms with van der Waals surface area (Å²) in [5, 5.41) is 10.6.